The van der Waals surface area contributed by atoms with E-state index in [4.69, 9.17) is 0 Å². The van der Waals surface area contributed by atoms with Crippen LogP contribution in [0.3, 0.4) is 0 Å². The van der Waals surface area contributed by atoms with Crippen molar-refractivity contribution in [3.8, 4) is 0 Å². The largest absolute Gasteiger partial charge is 0.303 e. The second-order valence-electron chi connectivity index (χ2n) is 7.71. The Balaban J connectivity index is 1.54. The molecule has 0 bridgehead atoms. The van der Waals surface area contributed by atoms with Crippen molar-refractivity contribution in [2.75, 3.05) is 33.2 Å². The molecule has 0 spiro atoms. The molecule has 2 aliphatic heterocycles. The molecule has 3 fully saturated rings. The van der Waals surface area contributed by atoms with Crippen LogP contribution in [0.2, 0.25) is 0 Å². The summed E-state index contributed by atoms with van der Waals surface area (Å²) in [6, 6.07) is 0.806. The van der Waals surface area contributed by atoms with Crippen LogP contribution in [0.25, 0.3) is 0 Å². The first-order valence-corrected chi connectivity index (χ1v) is 9.12. The normalized spacial score (nSPS) is 39.2. The van der Waals surface area contributed by atoms with Crippen molar-refractivity contribution in [3.63, 3.8) is 0 Å². The van der Waals surface area contributed by atoms with E-state index in [0.717, 1.165) is 43.7 Å². The summed E-state index contributed by atoms with van der Waals surface area (Å²) in [5.41, 5.74) is 0. The molecule has 0 aromatic rings. The Morgan fingerprint density at radius 2 is 2.05 bits per heavy atom. The third-order valence-corrected chi connectivity index (χ3v) is 6.36. The maximum Gasteiger partial charge on any atom is 0.137 e. The predicted molar refractivity (Wildman–Crippen MR) is 86.3 cm³/mol. The molecule has 3 rings (SSSR count). The van der Waals surface area contributed by atoms with Crippen LogP contribution in [-0.4, -0.2) is 54.9 Å². The van der Waals surface area contributed by atoms with E-state index >= 15 is 0 Å². The van der Waals surface area contributed by atoms with Crippen LogP contribution in [0.15, 0.2) is 0 Å². The Hall–Kier alpha value is -0.410. The van der Waals surface area contributed by atoms with E-state index in [1.807, 2.05) is 0 Å². The van der Waals surface area contributed by atoms with Crippen LogP contribution < -0.4 is 0 Å². The third kappa shape index (κ3) is 3.50. The van der Waals surface area contributed by atoms with Crippen molar-refractivity contribution in [2.45, 2.75) is 57.9 Å². The fourth-order valence-electron chi connectivity index (χ4n) is 4.95. The summed E-state index contributed by atoms with van der Waals surface area (Å²) in [5.74, 6) is 2.52. The van der Waals surface area contributed by atoms with E-state index in [2.05, 4.69) is 23.8 Å². The Morgan fingerprint density at radius 3 is 2.86 bits per heavy atom. The van der Waals surface area contributed by atoms with Gasteiger partial charge in [-0.2, -0.15) is 0 Å². The van der Waals surface area contributed by atoms with E-state index in [9.17, 15) is 4.79 Å². The van der Waals surface area contributed by atoms with Crippen LogP contribution in [0, 0.1) is 17.8 Å². The maximum absolute atomic E-state index is 12.2. The van der Waals surface area contributed by atoms with Gasteiger partial charge in [-0.05, 0) is 64.1 Å². The SMILES string of the molecule is CCC1CCC(=O)C(CN2CCC3C(CCCN3C)C2)C1. The monoisotopic (exact) mass is 292 g/mol. The molecule has 2 saturated heterocycles. The van der Waals surface area contributed by atoms with Crippen molar-refractivity contribution < 1.29 is 4.79 Å². The Morgan fingerprint density at radius 1 is 1.19 bits per heavy atom. The number of hydrogen-bond donors (Lipinski definition) is 0. The zero-order valence-corrected chi connectivity index (χ0v) is 13.9. The van der Waals surface area contributed by atoms with Crippen molar-refractivity contribution in [2.24, 2.45) is 17.8 Å². The van der Waals surface area contributed by atoms with Gasteiger partial charge < -0.3 is 9.80 Å². The Bertz CT molecular complexity index is 370. The van der Waals surface area contributed by atoms with Gasteiger partial charge in [-0.25, -0.2) is 0 Å². The van der Waals surface area contributed by atoms with Gasteiger partial charge in [-0.15, -0.1) is 0 Å². The van der Waals surface area contributed by atoms with E-state index < -0.39 is 0 Å². The van der Waals surface area contributed by atoms with E-state index in [1.165, 1.54) is 45.3 Å². The quantitative estimate of drug-likeness (QED) is 0.799. The standard InChI is InChI=1S/C18H32N2O/c1-3-14-6-7-18(21)16(11-14)13-20-10-8-17-15(12-20)5-4-9-19(17)2/h14-17H,3-13H2,1-2H3. The van der Waals surface area contributed by atoms with E-state index in [1.54, 1.807) is 0 Å². The zero-order chi connectivity index (χ0) is 14.8. The molecule has 0 aromatic carbocycles. The van der Waals surface area contributed by atoms with Gasteiger partial charge in [0.05, 0.1) is 0 Å². The number of carbonyl (C=O) groups excluding carboxylic acids is 1. The molecule has 1 aliphatic carbocycles. The first-order chi connectivity index (χ1) is 10.2. The smallest absolute Gasteiger partial charge is 0.137 e. The van der Waals surface area contributed by atoms with Crippen LogP contribution >= 0.6 is 0 Å². The summed E-state index contributed by atoms with van der Waals surface area (Å²) in [5, 5.41) is 0. The Labute approximate surface area is 130 Å². The highest BCUT2D eigenvalue weighted by atomic mass is 16.1. The molecule has 0 N–H and O–H groups in total. The van der Waals surface area contributed by atoms with Crippen LogP contribution in [0.4, 0.5) is 0 Å². The second kappa shape index (κ2) is 6.78. The highest BCUT2D eigenvalue weighted by Gasteiger charge is 2.36. The predicted octanol–water partition coefficient (Wildman–Crippen LogP) is 2.80. The summed E-state index contributed by atoms with van der Waals surface area (Å²) in [4.78, 5) is 17.4. The minimum absolute atomic E-state index is 0.335. The van der Waals surface area contributed by atoms with Gasteiger partial charge in [0.25, 0.3) is 0 Å². The van der Waals surface area contributed by atoms with Crippen molar-refractivity contribution in [1.29, 1.82) is 0 Å². The van der Waals surface area contributed by atoms with Gasteiger partial charge in [-0.3, -0.25) is 4.79 Å². The number of ketones is 1. The van der Waals surface area contributed by atoms with Gasteiger partial charge in [0, 0.05) is 31.5 Å². The minimum atomic E-state index is 0.335. The number of hydrogen-bond acceptors (Lipinski definition) is 3. The molecule has 0 aromatic heterocycles. The van der Waals surface area contributed by atoms with Crippen LogP contribution in [0.1, 0.15) is 51.9 Å². The molecule has 1 saturated carbocycles. The fraction of sp³-hybridized carbons (Fsp3) is 0.944. The average Bonchev–Trinajstić information content (AvgIpc) is 2.50. The van der Waals surface area contributed by atoms with Crippen molar-refractivity contribution in [3.05, 3.63) is 0 Å². The average molecular weight is 292 g/mol. The topological polar surface area (TPSA) is 23.6 Å². The lowest BCUT2D eigenvalue weighted by Gasteiger charge is -2.46. The molecule has 3 aliphatic rings. The van der Waals surface area contributed by atoms with E-state index in [-0.39, 0.29) is 0 Å². The summed E-state index contributed by atoms with van der Waals surface area (Å²) in [6.45, 7) is 7.03. The summed E-state index contributed by atoms with van der Waals surface area (Å²) >= 11 is 0. The van der Waals surface area contributed by atoms with Crippen molar-refractivity contribution in [1.82, 2.24) is 9.80 Å². The molecule has 4 unspecified atom stereocenters. The summed E-state index contributed by atoms with van der Waals surface area (Å²) in [7, 11) is 2.29. The molecule has 0 amide bonds. The van der Waals surface area contributed by atoms with Gasteiger partial charge in [0.2, 0.25) is 0 Å². The summed E-state index contributed by atoms with van der Waals surface area (Å²) in [6.07, 6.45) is 8.43. The number of Topliss-reactive ketones (excluding diaryl/α,β-unsaturated/α-hetero) is 1. The summed E-state index contributed by atoms with van der Waals surface area (Å²) < 4.78 is 0. The first-order valence-electron chi connectivity index (χ1n) is 9.12. The lowest BCUT2D eigenvalue weighted by atomic mass is 9.78. The highest BCUT2D eigenvalue weighted by molar-refractivity contribution is 5.81. The zero-order valence-electron chi connectivity index (χ0n) is 13.9. The maximum atomic E-state index is 12.2. The molecule has 4 atom stereocenters. The number of likely N-dealkylation sites (tertiary alicyclic amines) is 2. The lowest BCUT2D eigenvalue weighted by molar-refractivity contribution is -0.126. The number of fused-ring (bicyclic) bond motifs is 1. The number of piperidine rings is 2. The lowest BCUT2D eigenvalue weighted by Crippen LogP contribution is -2.53. The molecule has 3 nitrogen and oxygen atoms in total. The molecular weight excluding hydrogens is 260 g/mol. The van der Waals surface area contributed by atoms with Gasteiger partial charge >= 0.3 is 0 Å². The molecule has 2 heterocycles. The Kier molecular flexibility index (Phi) is 5.00. The van der Waals surface area contributed by atoms with Gasteiger partial charge in [0.15, 0.2) is 0 Å². The first kappa shape index (κ1) is 15.5. The number of nitrogens with zero attached hydrogens (tertiary/aromatic N) is 2. The van der Waals surface area contributed by atoms with Crippen molar-refractivity contribution >= 4 is 5.78 Å². The highest BCUT2D eigenvalue weighted by Crippen LogP contribution is 2.33. The molecular formula is C18H32N2O. The third-order valence-electron chi connectivity index (χ3n) is 6.36. The van der Waals surface area contributed by atoms with E-state index in [0.29, 0.717) is 11.7 Å². The van der Waals surface area contributed by atoms with Gasteiger partial charge in [0.1, 0.15) is 5.78 Å². The van der Waals surface area contributed by atoms with Crippen LogP contribution in [-0.2, 0) is 4.79 Å². The fourth-order valence-corrected chi connectivity index (χ4v) is 4.95. The molecule has 120 valence electrons. The molecule has 3 heteroatoms. The molecule has 0 radical (unpaired) electrons. The molecule has 21 heavy (non-hydrogen) atoms. The number of rotatable bonds is 3. The van der Waals surface area contributed by atoms with Gasteiger partial charge in [-0.1, -0.05) is 13.3 Å². The van der Waals surface area contributed by atoms with Crippen LogP contribution in [0.5, 0.6) is 0 Å². The second-order valence-corrected chi connectivity index (χ2v) is 7.71. The number of carbonyl (C=O) groups is 1. The minimum Gasteiger partial charge on any atom is -0.303 e.